The van der Waals surface area contributed by atoms with Crippen LogP contribution in [0.4, 0.5) is 4.79 Å². The molecule has 8 heteroatoms. The minimum Gasteiger partial charge on any atom is -0.481 e. The van der Waals surface area contributed by atoms with Gasteiger partial charge in [0.1, 0.15) is 6.61 Å². The van der Waals surface area contributed by atoms with Crippen molar-refractivity contribution in [1.82, 2.24) is 10.6 Å². The molecule has 1 aliphatic carbocycles. The number of hydrogen-bond donors (Lipinski definition) is 4. The van der Waals surface area contributed by atoms with Crippen molar-refractivity contribution in [2.45, 2.75) is 57.1 Å². The number of ether oxygens (including phenoxy) is 1. The zero-order chi connectivity index (χ0) is 24.5. The number of aliphatic carboxylic acids is 1. The largest absolute Gasteiger partial charge is 0.481 e. The van der Waals surface area contributed by atoms with E-state index in [0.29, 0.717) is 6.42 Å². The number of rotatable bonds is 12. The summed E-state index contributed by atoms with van der Waals surface area (Å²) in [5, 5.41) is 23.6. The second kappa shape index (κ2) is 12.2. The number of carbonyl (C=O) groups is 3. The predicted octanol–water partition coefficient (Wildman–Crippen LogP) is 3.43. The molecule has 0 spiro atoms. The van der Waals surface area contributed by atoms with Gasteiger partial charge in [-0.1, -0.05) is 68.3 Å². The third kappa shape index (κ3) is 6.81. The van der Waals surface area contributed by atoms with E-state index in [1.54, 1.807) is 0 Å². The van der Waals surface area contributed by atoms with Gasteiger partial charge in [0.25, 0.3) is 0 Å². The molecule has 1 unspecified atom stereocenters. The summed E-state index contributed by atoms with van der Waals surface area (Å²) in [7, 11) is 0. The van der Waals surface area contributed by atoms with E-state index in [1.165, 1.54) is 0 Å². The van der Waals surface area contributed by atoms with Crippen molar-refractivity contribution in [3.05, 3.63) is 59.7 Å². The summed E-state index contributed by atoms with van der Waals surface area (Å²) in [6.45, 7) is 2.05. The Morgan fingerprint density at radius 2 is 1.62 bits per heavy atom. The lowest BCUT2D eigenvalue weighted by Gasteiger charge is -2.20. The van der Waals surface area contributed by atoms with Gasteiger partial charge < -0.3 is 25.6 Å². The van der Waals surface area contributed by atoms with Crippen LogP contribution >= 0.6 is 0 Å². The van der Waals surface area contributed by atoms with Gasteiger partial charge in [-0.2, -0.15) is 0 Å². The van der Waals surface area contributed by atoms with Gasteiger partial charge >= 0.3 is 12.1 Å². The van der Waals surface area contributed by atoms with Crippen LogP contribution in [0.5, 0.6) is 0 Å². The lowest BCUT2D eigenvalue weighted by Crippen LogP contribution is -2.41. The fourth-order valence-corrected chi connectivity index (χ4v) is 4.28. The van der Waals surface area contributed by atoms with Gasteiger partial charge in [0, 0.05) is 24.9 Å². The van der Waals surface area contributed by atoms with Crippen molar-refractivity contribution < 1.29 is 29.3 Å². The number of aliphatic hydroxyl groups excluding tert-OH is 1. The van der Waals surface area contributed by atoms with Gasteiger partial charge in [0.2, 0.25) is 5.91 Å². The maximum atomic E-state index is 12.6. The highest BCUT2D eigenvalue weighted by atomic mass is 16.5. The zero-order valence-corrected chi connectivity index (χ0v) is 19.3. The molecule has 0 aliphatic heterocycles. The second-order valence-electron chi connectivity index (χ2n) is 8.57. The fraction of sp³-hybridized carbons (Fsp3) is 0.423. The first-order valence-corrected chi connectivity index (χ1v) is 11.7. The van der Waals surface area contributed by atoms with Gasteiger partial charge in [-0.05, 0) is 28.7 Å². The predicted molar refractivity (Wildman–Crippen MR) is 127 cm³/mol. The molecular formula is C26H32N2O6. The summed E-state index contributed by atoms with van der Waals surface area (Å²) < 4.78 is 5.59. The van der Waals surface area contributed by atoms with Crippen LogP contribution in [-0.2, 0) is 14.3 Å². The van der Waals surface area contributed by atoms with E-state index in [0.717, 1.165) is 35.1 Å². The number of carbonyl (C=O) groups excluding carboxylic acids is 2. The molecule has 2 amide bonds. The van der Waals surface area contributed by atoms with Gasteiger partial charge in [-0.3, -0.25) is 9.59 Å². The summed E-state index contributed by atoms with van der Waals surface area (Å²) in [5.41, 5.74) is 4.54. The maximum absolute atomic E-state index is 12.6. The molecule has 0 heterocycles. The number of aliphatic hydroxyl groups is 1. The normalized spacial score (nSPS) is 13.9. The standard InChI is InChI=1S/C26H32N2O6/c1-2-3-8-17(13-24(30)27-15-18(29)14-25(31)32)28-26(33)34-16-23-21-11-6-4-9-19(21)20-10-5-7-12-22(20)23/h4-7,9-12,17-18,23,29H,2-3,8,13-16H2,1H3,(H,27,30)(H,28,33)(H,31,32)/t17-,18?/m0/s1. The zero-order valence-electron chi connectivity index (χ0n) is 19.3. The first-order chi connectivity index (χ1) is 16.4. The molecule has 0 radical (unpaired) electrons. The van der Waals surface area contributed by atoms with E-state index >= 15 is 0 Å². The van der Waals surface area contributed by atoms with Crippen molar-refractivity contribution in [3.8, 4) is 11.1 Å². The molecule has 2 atom stereocenters. The van der Waals surface area contributed by atoms with E-state index in [4.69, 9.17) is 9.84 Å². The Balaban J connectivity index is 1.55. The Morgan fingerprint density at radius 1 is 1.00 bits per heavy atom. The fourth-order valence-electron chi connectivity index (χ4n) is 4.28. The van der Waals surface area contributed by atoms with Crippen LogP contribution < -0.4 is 10.6 Å². The average molecular weight is 469 g/mol. The molecule has 2 aromatic rings. The van der Waals surface area contributed by atoms with E-state index in [9.17, 15) is 19.5 Å². The number of hydrogen-bond acceptors (Lipinski definition) is 5. The molecule has 34 heavy (non-hydrogen) atoms. The molecule has 2 aromatic carbocycles. The van der Waals surface area contributed by atoms with Crippen LogP contribution in [0, 0.1) is 0 Å². The van der Waals surface area contributed by atoms with Crippen LogP contribution in [-0.4, -0.2) is 53.5 Å². The van der Waals surface area contributed by atoms with Gasteiger partial charge in [-0.25, -0.2) is 4.79 Å². The molecule has 0 saturated heterocycles. The Kier molecular flexibility index (Phi) is 9.04. The van der Waals surface area contributed by atoms with E-state index in [-0.39, 0.29) is 31.4 Å². The van der Waals surface area contributed by atoms with Crippen molar-refractivity contribution in [1.29, 1.82) is 0 Å². The van der Waals surface area contributed by atoms with Gasteiger partial charge in [0.05, 0.1) is 12.5 Å². The molecule has 0 bridgehead atoms. The topological polar surface area (TPSA) is 125 Å². The van der Waals surface area contributed by atoms with Gasteiger partial charge in [-0.15, -0.1) is 0 Å². The summed E-state index contributed by atoms with van der Waals surface area (Å²) in [4.78, 5) is 35.5. The number of amides is 2. The Bertz CT molecular complexity index is 963. The molecule has 4 N–H and O–H groups in total. The molecule has 1 aliphatic rings. The highest BCUT2D eigenvalue weighted by Gasteiger charge is 2.29. The third-order valence-electron chi connectivity index (χ3n) is 5.95. The highest BCUT2D eigenvalue weighted by molar-refractivity contribution is 5.79. The average Bonchev–Trinajstić information content (AvgIpc) is 3.13. The number of unbranched alkanes of at least 4 members (excludes halogenated alkanes) is 1. The maximum Gasteiger partial charge on any atom is 0.407 e. The van der Waals surface area contributed by atoms with Crippen LogP contribution in [0.2, 0.25) is 0 Å². The SMILES string of the molecule is CCCC[C@@H](CC(=O)NCC(O)CC(=O)O)NC(=O)OCC1c2ccccc2-c2ccccc21. The van der Waals surface area contributed by atoms with Crippen molar-refractivity contribution in [3.63, 3.8) is 0 Å². The number of carboxylic acids is 1. The molecule has 0 fully saturated rings. The Labute approximate surface area is 199 Å². The lowest BCUT2D eigenvalue weighted by atomic mass is 9.98. The molecule has 182 valence electrons. The number of nitrogens with one attached hydrogen (secondary N) is 2. The number of carboxylic acid groups (broad SMARTS) is 1. The third-order valence-corrected chi connectivity index (χ3v) is 5.95. The molecular weight excluding hydrogens is 436 g/mol. The summed E-state index contributed by atoms with van der Waals surface area (Å²) >= 11 is 0. The second-order valence-corrected chi connectivity index (χ2v) is 8.57. The Morgan fingerprint density at radius 3 is 2.21 bits per heavy atom. The van der Waals surface area contributed by atoms with E-state index in [2.05, 4.69) is 34.9 Å². The number of benzene rings is 2. The van der Waals surface area contributed by atoms with Crippen LogP contribution in [0.3, 0.4) is 0 Å². The van der Waals surface area contributed by atoms with Crippen LogP contribution in [0.15, 0.2) is 48.5 Å². The summed E-state index contributed by atoms with van der Waals surface area (Å²) in [6.07, 6.45) is 0.158. The van der Waals surface area contributed by atoms with Crippen molar-refractivity contribution >= 4 is 18.0 Å². The minimum atomic E-state index is -1.16. The number of fused-ring (bicyclic) bond motifs is 3. The monoisotopic (exact) mass is 468 g/mol. The Hall–Kier alpha value is -3.39. The van der Waals surface area contributed by atoms with E-state index < -0.39 is 30.6 Å². The van der Waals surface area contributed by atoms with E-state index in [1.807, 2.05) is 31.2 Å². The first-order valence-electron chi connectivity index (χ1n) is 11.7. The molecule has 0 aromatic heterocycles. The summed E-state index contributed by atoms with van der Waals surface area (Å²) in [6, 6.07) is 15.8. The quantitative estimate of drug-likeness (QED) is 0.378. The summed E-state index contributed by atoms with van der Waals surface area (Å²) in [5.74, 6) is -1.56. The first kappa shape index (κ1) is 25.2. The number of alkyl carbamates (subject to hydrolysis) is 1. The van der Waals surface area contributed by atoms with Crippen molar-refractivity contribution in [2.24, 2.45) is 0 Å². The van der Waals surface area contributed by atoms with Crippen molar-refractivity contribution in [2.75, 3.05) is 13.2 Å². The van der Waals surface area contributed by atoms with Gasteiger partial charge in [0.15, 0.2) is 0 Å². The van der Waals surface area contributed by atoms with Crippen LogP contribution in [0.1, 0.15) is 56.1 Å². The van der Waals surface area contributed by atoms with Crippen LogP contribution in [0.25, 0.3) is 11.1 Å². The molecule has 3 rings (SSSR count). The smallest absolute Gasteiger partial charge is 0.407 e. The molecule has 8 nitrogen and oxygen atoms in total. The highest BCUT2D eigenvalue weighted by Crippen LogP contribution is 2.44. The lowest BCUT2D eigenvalue weighted by molar-refractivity contribution is -0.139. The minimum absolute atomic E-state index is 0.0178. The molecule has 0 saturated carbocycles.